The second-order valence-corrected chi connectivity index (χ2v) is 7.73. The molecule has 0 amide bonds. The molecule has 2 aromatic carbocycles. The predicted molar refractivity (Wildman–Crippen MR) is 116 cm³/mol. The van der Waals surface area contributed by atoms with Gasteiger partial charge in [0.1, 0.15) is 5.82 Å². The van der Waals surface area contributed by atoms with Crippen molar-refractivity contribution in [2.24, 2.45) is 0 Å². The van der Waals surface area contributed by atoms with Crippen LogP contribution in [-0.2, 0) is 17.7 Å². The first-order valence-electron chi connectivity index (χ1n) is 10.6. The lowest BCUT2D eigenvalue weighted by Crippen LogP contribution is -2.26. The number of esters is 1. The Morgan fingerprint density at radius 2 is 1.84 bits per heavy atom. The zero-order valence-electron chi connectivity index (χ0n) is 17.7. The highest BCUT2D eigenvalue weighted by Gasteiger charge is 2.17. The summed E-state index contributed by atoms with van der Waals surface area (Å²) in [6.07, 6.45) is 4.82. The first kappa shape index (κ1) is 21.7. The van der Waals surface area contributed by atoms with Crippen molar-refractivity contribution in [3.63, 3.8) is 0 Å². The Morgan fingerprint density at radius 1 is 1.06 bits per heavy atom. The van der Waals surface area contributed by atoms with E-state index >= 15 is 0 Å². The summed E-state index contributed by atoms with van der Waals surface area (Å²) in [5.41, 5.74) is 0.583. The van der Waals surface area contributed by atoms with E-state index in [1.165, 1.54) is 31.4 Å². The summed E-state index contributed by atoms with van der Waals surface area (Å²) in [6, 6.07) is 8.34. The molecule has 0 atom stereocenters. The standard InChI is InChI=1S/C24H23FN2O5/c1-31-21-10-8-15(12-18(21)25)20(28)14-32-24(30)16-7-9-17-19(13-16)26-22-6-4-2-3-5-11-27(22)23(17)29/h7-10,12-13H,2-6,11,14H2,1H3. The predicted octanol–water partition coefficient (Wildman–Crippen LogP) is 3.70. The lowest BCUT2D eigenvalue weighted by atomic mass is 10.1. The van der Waals surface area contributed by atoms with E-state index in [1.807, 2.05) is 0 Å². The van der Waals surface area contributed by atoms with Gasteiger partial charge in [0.05, 0.1) is 23.6 Å². The fourth-order valence-corrected chi connectivity index (χ4v) is 3.86. The number of rotatable bonds is 5. The van der Waals surface area contributed by atoms with Gasteiger partial charge < -0.3 is 9.47 Å². The number of ketones is 1. The van der Waals surface area contributed by atoms with Gasteiger partial charge in [-0.3, -0.25) is 14.2 Å². The Hall–Kier alpha value is -3.55. The first-order chi connectivity index (χ1) is 15.5. The second-order valence-electron chi connectivity index (χ2n) is 7.73. The highest BCUT2D eigenvalue weighted by Crippen LogP contribution is 2.19. The van der Waals surface area contributed by atoms with Crippen molar-refractivity contribution >= 4 is 22.7 Å². The van der Waals surface area contributed by atoms with Crippen LogP contribution in [0.4, 0.5) is 4.39 Å². The number of aromatic nitrogens is 2. The molecule has 4 rings (SSSR count). The number of hydrogen-bond acceptors (Lipinski definition) is 6. The molecule has 0 radical (unpaired) electrons. The molecule has 7 nitrogen and oxygen atoms in total. The molecule has 32 heavy (non-hydrogen) atoms. The highest BCUT2D eigenvalue weighted by atomic mass is 19.1. The van der Waals surface area contributed by atoms with Crippen molar-refractivity contribution in [2.75, 3.05) is 13.7 Å². The summed E-state index contributed by atoms with van der Waals surface area (Å²) in [5.74, 6) is -1.19. The Labute approximate surface area is 183 Å². The number of Topliss-reactive ketones (excluding diaryl/α,β-unsaturated/α-hetero) is 1. The van der Waals surface area contributed by atoms with E-state index in [1.54, 1.807) is 10.6 Å². The minimum Gasteiger partial charge on any atom is -0.494 e. The molecule has 0 spiro atoms. The number of aryl methyl sites for hydroxylation is 1. The van der Waals surface area contributed by atoms with Gasteiger partial charge in [0.2, 0.25) is 0 Å². The molecule has 0 saturated carbocycles. The van der Waals surface area contributed by atoms with Gasteiger partial charge in [-0.15, -0.1) is 0 Å². The number of carbonyl (C=O) groups is 2. The van der Waals surface area contributed by atoms with Gasteiger partial charge in [-0.2, -0.15) is 0 Å². The Balaban J connectivity index is 1.52. The van der Waals surface area contributed by atoms with E-state index in [-0.39, 0.29) is 22.4 Å². The minimum atomic E-state index is -0.720. The maximum absolute atomic E-state index is 13.8. The van der Waals surface area contributed by atoms with Crippen LogP contribution in [0.2, 0.25) is 0 Å². The topological polar surface area (TPSA) is 87.5 Å². The third kappa shape index (κ3) is 4.39. The van der Waals surface area contributed by atoms with E-state index in [2.05, 4.69) is 4.98 Å². The smallest absolute Gasteiger partial charge is 0.338 e. The normalized spacial score (nSPS) is 13.7. The lowest BCUT2D eigenvalue weighted by molar-refractivity contribution is 0.0475. The fourth-order valence-electron chi connectivity index (χ4n) is 3.86. The van der Waals surface area contributed by atoms with Gasteiger partial charge in [0, 0.05) is 18.5 Å². The van der Waals surface area contributed by atoms with E-state index < -0.39 is 24.2 Å². The molecular weight excluding hydrogens is 415 g/mol. The number of carbonyl (C=O) groups excluding carboxylic acids is 2. The van der Waals surface area contributed by atoms with Gasteiger partial charge in [-0.25, -0.2) is 14.2 Å². The Kier molecular flexibility index (Phi) is 6.30. The van der Waals surface area contributed by atoms with Gasteiger partial charge in [-0.1, -0.05) is 12.8 Å². The zero-order chi connectivity index (χ0) is 22.7. The molecule has 1 aliphatic rings. The van der Waals surface area contributed by atoms with E-state index in [4.69, 9.17) is 9.47 Å². The minimum absolute atomic E-state index is 0.0200. The van der Waals surface area contributed by atoms with Crippen molar-refractivity contribution in [3.05, 3.63) is 69.5 Å². The molecular formula is C24H23FN2O5. The summed E-state index contributed by atoms with van der Waals surface area (Å²) in [6.45, 7) is 0.109. The molecule has 8 heteroatoms. The molecule has 2 heterocycles. The third-order valence-corrected chi connectivity index (χ3v) is 5.61. The largest absolute Gasteiger partial charge is 0.494 e. The van der Waals surface area contributed by atoms with Crippen LogP contribution in [0.5, 0.6) is 5.75 Å². The average Bonchev–Trinajstić information content (AvgIpc) is 2.78. The van der Waals surface area contributed by atoms with Crippen molar-refractivity contribution in [3.8, 4) is 5.75 Å². The first-order valence-corrected chi connectivity index (χ1v) is 10.6. The molecule has 166 valence electrons. The Bertz CT molecular complexity index is 1250. The number of benzene rings is 2. The van der Waals surface area contributed by atoms with Crippen molar-refractivity contribution in [1.29, 1.82) is 0 Å². The van der Waals surface area contributed by atoms with E-state index in [0.29, 0.717) is 23.9 Å². The molecule has 0 fully saturated rings. The van der Waals surface area contributed by atoms with Gasteiger partial charge >= 0.3 is 5.97 Å². The number of methoxy groups -OCH3 is 1. The molecule has 1 aliphatic heterocycles. The van der Waals surface area contributed by atoms with Gasteiger partial charge in [-0.05, 0) is 49.2 Å². The fraction of sp³-hybridized carbons (Fsp3) is 0.333. The monoisotopic (exact) mass is 438 g/mol. The van der Waals surface area contributed by atoms with Crippen LogP contribution in [0.1, 0.15) is 52.2 Å². The maximum atomic E-state index is 13.8. The van der Waals surface area contributed by atoms with Crippen molar-refractivity contribution in [2.45, 2.75) is 38.6 Å². The number of hydrogen-bond donors (Lipinski definition) is 0. The summed E-state index contributed by atoms with van der Waals surface area (Å²) >= 11 is 0. The number of nitrogens with zero attached hydrogens (tertiary/aromatic N) is 2. The lowest BCUT2D eigenvalue weighted by Gasteiger charge is -2.16. The van der Waals surface area contributed by atoms with Crippen LogP contribution >= 0.6 is 0 Å². The van der Waals surface area contributed by atoms with Crippen LogP contribution < -0.4 is 10.3 Å². The Morgan fingerprint density at radius 3 is 2.62 bits per heavy atom. The summed E-state index contributed by atoms with van der Waals surface area (Å²) in [5, 5.41) is 0.440. The molecule has 0 saturated heterocycles. The van der Waals surface area contributed by atoms with Gasteiger partial charge in [0.25, 0.3) is 5.56 Å². The summed E-state index contributed by atoms with van der Waals surface area (Å²) in [4.78, 5) is 42.3. The van der Waals surface area contributed by atoms with Crippen LogP contribution in [0.15, 0.2) is 41.2 Å². The van der Waals surface area contributed by atoms with Crippen molar-refractivity contribution < 1.29 is 23.5 Å². The molecule has 0 bridgehead atoms. The molecule has 0 unspecified atom stereocenters. The maximum Gasteiger partial charge on any atom is 0.338 e. The number of ether oxygens (including phenoxy) is 2. The average molecular weight is 438 g/mol. The van der Waals surface area contributed by atoms with Crippen LogP contribution in [-0.4, -0.2) is 35.0 Å². The summed E-state index contributed by atoms with van der Waals surface area (Å²) < 4.78 is 25.5. The van der Waals surface area contributed by atoms with E-state index in [0.717, 1.165) is 37.6 Å². The number of halogens is 1. The molecule has 0 aliphatic carbocycles. The van der Waals surface area contributed by atoms with Crippen LogP contribution in [0.3, 0.4) is 0 Å². The zero-order valence-corrected chi connectivity index (χ0v) is 17.7. The highest BCUT2D eigenvalue weighted by molar-refractivity contribution is 6.00. The van der Waals surface area contributed by atoms with E-state index in [9.17, 15) is 18.8 Å². The second kappa shape index (κ2) is 9.30. The quantitative estimate of drug-likeness (QED) is 0.446. The molecule has 0 N–H and O–H groups in total. The summed E-state index contributed by atoms with van der Waals surface area (Å²) in [7, 11) is 1.33. The third-order valence-electron chi connectivity index (χ3n) is 5.61. The molecule has 3 aromatic rings. The van der Waals surface area contributed by atoms with Crippen LogP contribution in [0.25, 0.3) is 10.9 Å². The van der Waals surface area contributed by atoms with Crippen molar-refractivity contribution in [1.82, 2.24) is 9.55 Å². The van der Waals surface area contributed by atoms with Gasteiger partial charge in [0.15, 0.2) is 24.0 Å². The SMILES string of the molecule is COc1ccc(C(=O)COC(=O)c2ccc3c(=O)n4c(nc3c2)CCCCCC4)cc1F. The number of fused-ring (bicyclic) bond motifs is 2. The van der Waals surface area contributed by atoms with Crippen LogP contribution in [0, 0.1) is 5.82 Å². The molecule has 1 aromatic heterocycles.